The fourth-order valence-corrected chi connectivity index (χ4v) is 6.96. The van der Waals surface area contributed by atoms with Gasteiger partial charge in [0.05, 0.1) is 19.2 Å². The van der Waals surface area contributed by atoms with Gasteiger partial charge in [-0.05, 0) is 110 Å². The molecule has 2 aromatic rings. The lowest BCUT2D eigenvalue weighted by Gasteiger charge is -2.57. The fraction of sp³-hybridized carbons (Fsp3) is 0.500. The molecule has 0 aliphatic heterocycles. The van der Waals surface area contributed by atoms with E-state index in [2.05, 4.69) is 10.6 Å². The number of aliphatic carboxylic acids is 1. The van der Waals surface area contributed by atoms with Gasteiger partial charge in [0, 0.05) is 12.2 Å². The number of carboxylic acid groups (broad SMARTS) is 2. The number of halogens is 3. The molecule has 4 N–H and O–H groups in total. The van der Waals surface area contributed by atoms with Crippen molar-refractivity contribution in [1.82, 2.24) is 5.32 Å². The number of nitrogens with one attached hydrogen (secondary N) is 2. The van der Waals surface area contributed by atoms with Crippen molar-refractivity contribution in [1.29, 1.82) is 0 Å². The van der Waals surface area contributed by atoms with E-state index in [4.69, 9.17) is 19.6 Å². The number of ether oxygens (including phenoxy) is 1. The number of alkyl halides is 3. The Kier molecular flexibility index (Phi) is 9.45. The Morgan fingerprint density at radius 1 is 1.00 bits per heavy atom. The zero-order valence-electron chi connectivity index (χ0n) is 22.9. The van der Waals surface area contributed by atoms with E-state index in [-0.39, 0.29) is 5.56 Å². The number of hydrogen-bond donors (Lipinski definition) is 4. The van der Waals surface area contributed by atoms with Gasteiger partial charge in [-0.1, -0.05) is 12.1 Å². The first kappa shape index (κ1) is 30.2. The molecule has 4 fully saturated rings. The Morgan fingerprint density at radius 2 is 1.59 bits per heavy atom. The summed E-state index contributed by atoms with van der Waals surface area (Å²) in [4.78, 5) is 24.9. The van der Waals surface area contributed by atoms with E-state index >= 15 is 0 Å². The van der Waals surface area contributed by atoms with Crippen LogP contribution in [0.15, 0.2) is 53.5 Å². The van der Waals surface area contributed by atoms with Gasteiger partial charge in [0.1, 0.15) is 5.75 Å². The minimum atomic E-state index is -5.08. The second-order valence-corrected chi connectivity index (χ2v) is 11.4. The van der Waals surface area contributed by atoms with Crippen molar-refractivity contribution in [3.8, 4) is 5.75 Å². The highest BCUT2D eigenvalue weighted by atomic mass is 19.4. The van der Waals surface area contributed by atoms with Crippen LogP contribution in [0.1, 0.15) is 60.9 Å². The van der Waals surface area contributed by atoms with Crippen molar-refractivity contribution in [2.75, 3.05) is 19.0 Å². The van der Waals surface area contributed by atoms with E-state index in [0.29, 0.717) is 12.0 Å². The Hall–Kier alpha value is -3.76. The maximum atomic E-state index is 11.2. The lowest BCUT2D eigenvalue weighted by atomic mass is 9.49. The molecule has 2 aromatic carbocycles. The van der Waals surface area contributed by atoms with Crippen molar-refractivity contribution in [2.45, 2.75) is 57.7 Å². The summed E-state index contributed by atoms with van der Waals surface area (Å²) in [6.45, 7) is 1.42. The SMILES string of the molecule is COc1cccc(CN=C(NCCC23CC4CC(CC(C4)C2)C3)Nc2ccc(C(=O)O)cc2)c1.O=C(O)C(F)(F)F. The fourth-order valence-electron chi connectivity index (χ4n) is 6.96. The monoisotopic (exact) mass is 575 g/mol. The number of aliphatic imine (C=N–C) groups is 1. The number of carboxylic acids is 2. The largest absolute Gasteiger partial charge is 0.497 e. The van der Waals surface area contributed by atoms with Gasteiger partial charge >= 0.3 is 18.1 Å². The molecule has 4 aliphatic rings. The summed E-state index contributed by atoms with van der Waals surface area (Å²) >= 11 is 0. The molecule has 11 heteroatoms. The molecule has 4 bridgehead atoms. The van der Waals surface area contributed by atoms with E-state index in [9.17, 15) is 23.1 Å². The highest BCUT2D eigenvalue weighted by Gasteiger charge is 2.50. The molecule has 41 heavy (non-hydrogen) atoms. The van der Waals surface area contributed by atoms with Crippen LogP contribution < -0.4 is 15.4 Å². The van der Waals surface area contributed by atoms with E-state index in [1.54, 1.807) is 31.4 Å². The Labute approximate surface area is 237 Å². The molecule has 0 saturated heterocycles. The average molecular weight is 576 g/mol. The first-order valence-electron chi connectivity index (χ1n) is 13.8. The van der Waals surface area contributed by atoms with Crippen molar-refractivity contribution in [2.24, 2.45) is 28.2 Å². The summed E-state index contributed by atoms with van der Waals surface area (Å²) in [7, 11) is 1.67. The molecule has 0 heterocycles. The predicted octanol–water partition coefficient (Wildman–Crippen LogP) is 6.19. The quantitative estimate of drug-likeness (QED) is 0.219. The van der Waals surface area contributed by atoms with Gasteiger partial charge in [0.2, 0.25) is 0 Å². The summed E-state index contributed by atoms with van der Waals surface area (Å²) < 4.78 is 37.1. The number of rotatable bonds is 8. The molecule has 0 atom stereocenters. The molecule has 8 nitrogen and oxygen atoms in total. The molecule has 0 unspecified atom stereocenters. The molecular formula is C30H36F3N3O5. The third kappa shape index (κ3) is 8.37. The van der Waals surface area contributed by atoms with E-state index in [1.807, 2.05) is 24.3 Å². The van der Waals surface area contributed by atoms with Gasteiger partial charge in [0.25, 0.3) is 0 Å². The number of benzene rings is 2. The minimum Gasteiger partial charge on any atom is -0.497 e. The average Bonchev–Trinajstić information content (AvgIpc) is 2.91. The summed E-state index contributed by atoms with van der Waals surface area (Å²) in [5.74, 6) is 0.728. The highest BCUT2D eigenvalue weighted by Crippen LogP contribution is 2.61. The standard InChI is InChI=1S/C28H35N3O3.C2HF3O2/c1-34-25-4-2-3-19(14-25)18-30-27(31-24-7-5-23(6-8-24)26(32)33)29-10-9-28-15-20-11-21(16-28)13-22(12-20)17-28;3-2(4,5)1(6)7/h2-8,14,20-22H,9-13,15-18H2,1H3,(H,32,33)(H2,29,30,31);(H,6,7). The zero-order chi connectivity index (χ0) is 29.6. The van der Waals surface area contributed by atoms with Crippen LogP contribution in [-0.2, 0) is 11.3 Å². The normalized spacial score (nSPS) is 24.7. The number of nitrogens with zero attached hydrogens (tertiary/aromatic N) is 1. The Morgan fingerprint density at radius 3 is 2.10 bits per heavy atom. The van der Waals surface area contributed by atoms with Crippen molar-refractivity contribution < 1.29 is 37.7 Å². The molecule has 0 radical (unpaired) electrons. The molecule has 4 saturated carbocycles. The number of methoxy groups -OCH3 is 1. The second kappa shape index (κ2) is 12.8. The van der Waals surface area contributed by atoms with E-state index in [0.717, 1.165) is 47.3 Å². The predicted molar refractivity (Wildman–Crippen MR) is 148 cm³/mol. The van der Waals surface area contributed by atoms with Crippen LogP contribution in [0.3, 0.4) is 0 Å². The number of carbonyl (C=O) groups is 2. The van der Waals surface area contributed by atoms with Gasteiger partial charge in [-0.15, -0.1) is 0 Å². The first-order valence-corrected chi connectivity index (χ1v) is 13.8. The van der Waals surface area contributed by atoms with Gasteiger partial charge in [-0.25, -0.2) is 14.6 Å². The first-order chi connectivity index (χ1) is 19.4. The zero-order valence-corrected chi connectivity index (χ0v) is 22.9. The maximum Gasteiger partial charge on any atom is 0.490 e. The van der Waals surface area contributed by atoms with Crippen LogP contribution in [0.2, 0.25) is 0 Å². The Balaban J connectivity index is 0.000000493. The number of guanidine groups is 1. The van der Waals surface area contributed by atoms with Crippen molar-refractivity contribution in [3.63, 3.8) is 0 Å². The molecule has 0 spiro atoms. The molecular weight excluding hydrogens is 539 g/mol. The lowest BCUT2D eigenvalue weighted by molar-refractivity contribution is -0.192. The van der Waals surface area contributed by atoms with Gasteiger partial charge < -0.3 is 25.6 Å². The number of hydrogen-bond acceptors (Lipinski definition) is 4. The van der Waals surface area contributed by atoms with Gasteiger partial charge in [-0.2, -0.15) is 13.2 Å². The second-order valence-electron chi connectivity index (χ2n) is 11.4. The Bertz CT molecular complexity index is 1210. The van der Waals surface area contributed by atoms with Crippen molar-refractivity contribution in [3.05, 3.63) is 59.7 Å². The number of anilines is 1. The van der Waals surface area contributed by atoms with Crippen molar-refractivity contribution >= 4 is 23.6 Å². The molecule has 0 amide bonds. The lowest BCUT2D eigenvalue weighted by Crippen LogP contribution is -2.47. The summed E-state index contributed by atoms with van der Waals surface area (Å²) in [5.41, 5.74) is 2.68. The van der Waals surface area contributed by atoms with Crippen LogP contribution in [0.5, 0.6) is 5.75 Å². The molecule has 222 valence electrons. The van der Waals surface area contributed by atoms with Gasteiger partial charge in [-0.3, -0.25) is 0 Å². The molecule has 4 aliphatic carbocycles. The smallest absolute Gasteiger partial charge is 0.490 e. The third-order valence-electron chi connectivity index (χ3n) is 8.30. The maximum absolute atomic E-state index is 11.2. The highest BCUT2D eigenvalue weighted by molar-refractivity contribution is 5.94. The minimum absolute atomic E-state index is 0.273. The summed E-state index contributed by atoms with van der Waals surface area (Å²) in [5, 5.41) is 23.2. The van der Waals surface area contributed by atoms with Crippen LogP contribution in [0.4, 0.5) is 18.9 Å². The molecule has 6 rings (SSSR count). The van der Waals surface area contributed by atoms with Crippen LogP contribution in [0, 0.1) is 23.2 Å². The summed E-state index contributed by atoms with van der Waals surface area (Å²) in [6.07, 6.45) is 4.72. The number of aromatic carboxylic acids is 1. The van der Waals surface area contributed by atoms with Crippen LogP contribution in [-0.4, -0.2) is 47.9 Å². The van der Waals surface area contributed by atoms with Gasteiger partial charge in [0.15, 0.2) is 5.96 Å². The summed E-state index contributed by atoms with van der Waals surface area (Å²) in [6, 6.07) is 14.7. The van der Waals surface area contributed by atoms with E-state index < -0.39 is 18.1 Å². The third-order valence-corrected chi connectivity index (χ3v) is 8.30. The molecule has 0 aromatic heterocycles. The van der Waals surface area contributed by atoms with E-state index in [1.165, 1.54) is 44.9 Å². The van der Waals surface area contributed by atoms with Crippen LogP contribution in [0.25, 0.3) is 0 Å². The topological polar surface area (TPSA) is 120 Å². The van der Waals surface area contributed by atoms with Crippen LogP contribution >= 0.6 is 0 Å².